The van der Waals surface area contributed by atoms with Crippen LogP contribution < -0.4 is 10.2 Å². The van der Waals surface area contributed by atoms with Gasteiger partial charge in [0.05, 0.1) is 25.6 Å². The highest BCUT2D eigenvalue weighted by atomic mass is 32.1. The quantitative estimate of drug-likeness (QED) is 0.458. The summed E-state index contributed by atoms with van der Waals surface area (Å²) < 4.78 is 18.5. The van der Waals surface area contributed by atoms with Crippen molar-refractivity contribution in [2.75, 3.05) is 29.9 Å². The van der Waals surface area contributed by atoms with Crippen LogP contribution >= 0.6 is 11.3 Å². The Morgan fingerprint density at radius 1 is 1.16 bits per heavy atom. The Bertz CT molecular complexity index is 1110. The second-order valence-electron chi connectivity index (χ2n) is 6.79. The van der Waals surface area contributed by atoms with Gasteiger partial charge in [-0.2, -0.15) is 5.26 Å². The summed E-state index contributed by atoms with van der Waals surface area (Å²) in [4.78, 5) is 27.3. The minimum atomic E-state index is -0.562. The lowest BCUT2D eigenvalue weighted by molar-refractivity contribution is -0.115. The van der Waals surface area contributed by atoms with Gasteiger partial charge in [-0.05, 0) is 36.8 Å². The summed E-state index contributed by atoms with van der Waals surface area (Å²) in [6.07, 6.45) is 0.268. The number of esters is 1. The maximum atomic E-state index is 13.3. The molecule has 8 heteroatoms. The van der Waals surface area contributed by atoms with Gasteiger partial charge in [0, 0.05) is 23.2 Å². The Hall–Kier alpha value is -3.70. The fourth-order valence-corrected chi connectivity index (χ4v) is 4.13. The molecule has 0 fully saturated rings. The molecule has 0 saturated carbocycles. The van der Waals surface area contributed by atoms with E-state index >= 15 is 0 Å². The van der Waals surface area contributed by atoms with E-state index < -0.39 is 5.97 Å². The van der Waals surface area contributed by atoms with E-state index in [1.807, 2.05) is 30.3 Å². The molecule has 0 unspecified atom stereocenters. The third-order valence-electron chi connectivity index (χ3n) is 4.63. The van der Waals surface area contributed by atoms with Gasteiger partial charge >= 0.3 is 5.97 Å². The van der Waals surface area contributed by atoms with Crippen LogP contribution in [-0.4, -0.2) is 31.6 Å². The first kappa shape index (κ1) is 23.0. The number of carbonyl (C=O) groups excluding carboxylic acids is 2. The molecule has 1 amide bonds. The number of carbonyl (C=O) groups is 2. The molecule has 3 rings (SSSR count). The molecule has 1 aromatic heterocycles. The number of hydrogen-bond donors (Lipinski definition) is 1. The van der Waals surface area contributed by atoms with E-state index in [0.717, 1.165) is 5.69 Å². The molecule has 164 valence electrons. The molecule has 2 aromatic carbocycles. The number of ether oxygens (including phenoxy) is 1. The summed E-state index contributed by atoms with van der Waals surface area (Å²) >= 11 is 1.20. The molecule has 0 saturated heterocycles. The summed E-state index contributed by atoms with van der Waals surface area (Å²) in [6.45, 7) is 2.29. The van der Waals surface area contributed by atoms with E-state index in [4.69, 9.17) is 10.00 Å². The third-order valence-corrected chi connectivity index (χ3v) is 5.52. The molecule has 0 aliphatic carbocycles. The monoisotopic (exact) mass is 451 g/mol. The lowest BCUT2D eigenvalue weighted by atomic mass is 10.0. The first-order valence-electron chi connectivity index (χ1n) is 10.0. The molecular formula is C24H22FN3O3S. The summed E-state index contributed by atoms with van der Waals surface area (Å²) in [5, 5.41) is 13.9. The lowest BCUT2D eigenvalue weighted by Gasteiger charge is -2.23. The summed E-state index contributed by atoms with van der Waals surface area (Å²) in [6, 6.07) is 17.2. The average Bonchev–Trinajstić information content (AvgIpc) is 3.21. The second kappa shape index (κ2) is 11.1. The van der Waals surface area contributed by atoms with E-state index in [1.54, 1.807) is 29.3 Å². The number of amides is 1. The van der Waals surface area contributed by atoms with Crippen molar-refractivity contribution in [2.45, 2.75) is 13.3 Å². The highest BCUT2D eigenvalue weighted by molar-refractivity contribution is 7.15. The minimum Gasteiger partial charge on any atom is -0.462 e. The minimum absolute atomic E-state index is 0.0116. The van der Waals surface area contributed by atoms with Gasteiger partial charge in [-0.3, -0.25) is 4.79 Å². The standard InChI is InChI=1S/C24H22FN3O3S/c1-2-31-24(30)22-20(17-9-11-18(25)12-10-17)16-32-23(22)27-21(29)15-28(14-6-13-26)19-7-4-3-5-8-19/h3-5,7-12,16H,2,6,14-15H2,1H3,(H,27,29). The van der Waals surface area contributed by atoms with Gasteiger partial charge in [0.25, 0.3) is 0 Å². The topological polar surface area (TPSA) is 82.4 Å². The summed E-state index contributed by atoms with van der Waals surface area (Å²) in [5.41, 5.74) is 2.26. The predicted octanol–water partition coefficient (Wildman–Crippen LogP) is 5.09. The van der Waals surface area contributed by atoms with Crippen LogP contribution in [-0.2, 0) is 9.53 Å². The van der Waals surface area contributed by atoms with Crippen molar-refractivity contribution in [3.8, 4) is 17.2 Å². The molecule has 0 radical (unpaired) electrons. The zero-order valence-corrected chi connectivity index (χ0v) is 18.3. The summed E-state index contributed by atoms with van der Waals surface area (Å²) in [7, 11) is 0. The maximum Gasteiger partial charge on any atom is 0.341 e. The molecule has 0 atom stereocenters. The van der Waals surface area contributed by atoms with Crippen LogP contribution in [0.5, 0.6) is 0 Å². The number of benzene rings is 2. The van der Waals surface area contributed by atoms with Gasteiger partial charge in [-0.25, -0.2) is 9.18 Å². The number of nitriles is 1. The molecule has 0 bridgehead atoms. The molecular weight excluding hydrogens is 429 g/mol. The maximum absolute atomic E-state index is 13.3. The molecule has 0 aliphatic rings. The van der Waals surface area contributed by atoms with Gasteiger partial charge in [-0.1, -0.05) is 30.3 Å². The van der Waals surface area contributed by atoms with Crippen molar-refractivity contribution >= 4 is 33.9 Å². The predicted molar refractivity (Wildman–Crippen MR) is 123 cm³/mol. The molecule has 6 nitrogen and oxygen atoms in total. The first-order valence-corrected chi connectivity index (χ1v) is 10.9. The van der Waals surface area contributed by atoms with Crippen LogP contribution in [0.3, 0.4) is 0 Å². The van der Waals surface area contributed by atoms with Gasteiger partial charge in [0.2, 0.25) is 5.91 Å². The van der Waals surface area contributed by atoms with Crippen molar-refractivity contribution in [2.24, 2.45) is 0 Å². The fourth-order valence-electron chi connectivity index (χ4n) is 3.16. The Kier molecular flexibility index (Phi) is 7.95. The van der Waals surface area contributed by atoms with E-state index in [0.29, 0.717) is 22.7 Å². The van der Waals surface area contributed by atoms with E-state index in [2.05, 4.69) is 11.4 Å². The van der Waals surface area contributed by atoms with Crippen molar-refractivity contribution in [1.29, 1.82) is 5.26 Å². The molecule has 1 heterocycles. The second-order valence-corrected chi connectivity index (χ2v) is 7.67. The van der Waals surface area contributed by atoms with E-state index in [9.17, 15) is 14.0 Å². The number of halogens is 1. The number of para-hydroxylation sites is 1. The SMILES string of the molecule is CCOC(=O)c1c(-c2ccc(F)cc2)csc1NC(=O)CN(CCC#N)c1ccccc1. The van der Waals surface area contributed by atoms with E-state index in [1.165, 1.54) is 23.5 Å². The number of hydrogen-bond acceptors (Lipinski definition) is 6. The van der Waals surface area contributed by atoms with Crippen molar-refractivity contribution in [3.05, 3.63) is 71.4 Å². The first-order chi connectivity index (χ1) is 15.5. The molecule has 3 aromatic rings. The molecule has 1 N–H and O–H groups in total. The number of thiophene rings is 1. The third kappa shape index (κ3) is 5.71. The van der Waals surface area contributed by atoms with Crippen LogP contribution in [0.4, 0.5) is 15.1 Å². The Morgan fingerprint density at radius 2 is 1.88 bits per heavy atom. The lowest BCUT2D eigenvalue weighted by Crippen LogP contribution is -2.34. The Balaban J connectivity index is 1.85. The number of anilines is 2. The largest absolute Gasteiger partial charge is 0.462 e. The molecule has 32 heavy (non-hydrogen) atoms. The highest BCUT2D eigenvalue weighted by Gasteiger charge is 2.23. The van der Waals surface area contributed by atoms with Crippen molar-refractivity contribution < 1.29 is 18.7 Å². The van der Waals surface area contributed by atoms with Gasteiger partial charge in [0.1, 0.15) is 16.4 Å². The smallest absolute Gasteiger partial charge is 0.341 e. The van der Waals surface area contributed by atoms with Gasteiger partial charge < -0.3 is 15.0 Å². The van der Waals surface area contributed by atoms with Crippen molar-refractivity contribution in [1.82, 2.24) is 0 Å². The molecule has 0 spiro atoms. The zero-order valence-electron chi connectivity index (χ0n) is 17.5. The Labute approximate surface area is 189 Å². The van der Waals surface area contributed by atoms with Crippen LogP contribution in [0.1, 0.15) is 23.7 Å². The van der Waals surface area contributed by atoms with Gasteiger partial charge in [-0.15, -0.1) is 11.3 Å². The average molecular weight is 452 g/mol. The van der Waals surface area contributed by atoms with Crippen molar-refractivity contribution in [3.63, 3.8) is 0 Å². The zero-order chi connectivity index (χ0) is 22.9. The molecule has 0 aliphatic heterocycles. The highest BCUT2D eigenvalue weighted by Crippen LogP contribution is 2.36. The Morgan fingerprint density at radius 3 is 2.53 bits per heavy atom. The normalized spacial score (nSPS) is 10.3. The number of rotatable bonds is 9. The summed E-state index contributed by atoms with van der Waals surface area (Å²) in [5.74, 6) is -1.27. The van der Waals surface area contributed by atoms with Crippen LogP contribution in [0.25, 0.3) is 11.1 Å². The van der Waals surface area contributed by atoms with E-state index in [-0.39, 0.29) is 36.9 Å². The van der Waals surface area contributed by atoms with Crippen LogP contribution in [0.15, 0.2) is 60.0 Å². The fraction of sp³-hybridized carbons (Fsp3) is 0.208. The van der Waals surface area contributed by atoms with Crippen LogP contribution in [0, 0.1) is 17.1 Å². The van der Waals surface area contributed by atoms with Gasteiger partial charge in [0.15, 0.2) is 0 Å². The van der Waals surface area contributed by atoms with Crippen LogP contribution in [0.2, 0.25) is 0 Å². The number of nitrogens with one attached hydrogen (secondary N) is 1. The number of nitrogens with zero attached hydrogens (tertiary/aromatic N) is 2.